The van der Waals surface area contributed by atoms with Crippen molar-refractivity contribution in [1.82, 2.24) is 0 Å². The largest absolute Gasteiger partial charge is 0.385 e. The Morgan fingerprint density at radius 2 is 1.00 bits per heavy atom. The maximum Gasteiger partial charge on any atom is 0.0341 e. The summed E-state index contributed by atoms with van der Waals surface area (Å²) in [4.78, 5) is 0. The summed E-state index contributed by atoms with van der Waals surface area (Å²) in [6.45, 7) is 11.4. The number of hydrogen-bond acceptors (Lipinski definition) is 2. The van der Waals surface area contributed by atoms with Crippen LogP contribution in [-0.2, 0) is 0 Å². The van der Waals surface area contributed by atoms with Crippen molar-refractivity contribution in [2.45, 2.75) is 79.1 Å². The average Bonchev–Trinajstić information content (AvgIpc) is 2.61. The standard InChI is InChI=1S/C22H40N2/c1-5-9-19(7-3)15-17-23-21-11-13-22(14-12-21)24-18-16-20(8-4)10-6-2/h11-14,19-20,23-24H,5-10,15-18H2,1-4H3. The van der Waals surface area contributed by atoms with Crippen LogP contribution in [0.5, 0.6) is 0 Å². The Kier molecular flexibility index (Phi) is 11.4. The van der Waals surface area contributed by atoms with Gasteiger partial charge in [-0.15, -0.1) is 0 Å². The molecule has 0 aromatic heterocycles. The van der Waals surface area contributed by atoms with Crippen molar-refractivity contribution in [3.63, 3.8) is 0 Å². The Morgan fingerprint density at radius 1 is 0.625 bits per heavy atom. The lowest BCUT2D eigenvalue weighted by Crippen LogP contribution is -2.09. The van der Waals surface area contributed by atoms with Crippen LogP contribution in [0.1, 0.15) is 79.1 Å². The van der Waals surface area contributed by atoms with E-state index in [1.54, 1.807) is 0 Å². The van der Waals surface area contributed by atoms with Crippen molar-refractivity contribution >= 4 is 11.4 Å². The lowest BCUT2D eigenvalue weighted by atomic mass is 9.97. The summed E-state index contributed by atoms with van der Waals surface area (Å²) in [7, 11) is 0. The molecule has 2 atom stereocenters. The van der Waals surface area contributed by atoms with Crippen LogP contribution in [0, 0.1) is 11.8 Å². The number of nitrogens with one attached hydrogen (secondary N) is 2. The van der Waals surface area contributed by atoms with E-state index >= 15 is 0 Å². The Hall–Kier alpha value is -1.18. The first-order chi connectivity index (χ1) is 11.7. The fourth-order valence-electron chi connectivity index (χ4n) is 3.47. The molecule has 0 saturated heterocycles. The monoisotopic (exact) mass is 332 g/mol. The lowest BCUT2D eigenvalue weighted by molar-refractivity contribution is 0.443. The summed E-state index contributed by atoms with van der Waals surface area (Å²) in [6.07, 6.45) is 10.5. The SMILES string of the molecule is CCCC(CC)CCNc1ccc(NCCC(CC)CCC)cc1. The van der Waals surface area contributed by atoms with E-state index in [1.165, 1.54) is 62.7 Å². The first-order valence-electron chi connectivity index (χ1n) is 10.3. The first-order valence-corrected chi connectivity index (χ1v) is 10.3. The molecule has 2 heteroatoms. The van der Waals surface area contributed by atoms with Gasteiger partial charge in [-0.2, -0.15) is 0 Å². The van der Waals surface area contributed by atoms with E-state index in [-0.39, 0.29) is 0 Å². The molecule has 0 heterocycles. The third-order valence-corrected chi connectivity index (χ3v) is 5.20. The Labute approximate surface area is 150 Å². The molecule has 2 N–H and O–H groups in total. The highest BCUT2D eigenvalue weighted by Gasteiger charge is 2.05. The van der Waals surface area contributed by atoms with Crippen molar-refractivity contribution < 1.29 is 0 Å². The number of anilines is 2. The molecule has 0 bridgehead atoms. The van der Waals surface area contributed by atoms with Crippen molar-refractivity contribution in [2.24, 2.45) is 11.8 Å². The predicted octanol–water partition coefficient (Wildman–Crippen LogP) is 6.94. The van der Waals surface area contributed by atoms with E-state index in [4.69, 9.17) is 0 Å². The van der Waals surface area contributed by atoms with Crippen molar-refractivity contribution in [3.8, 4) is 0 Å². The first kappa shape index (κ1) is 20.9. The normalized spacial score (nSPS) is 13.5. The van der Waals surface area contributed by atoms with Gasteiger partial charge >= 0.3 is 0 Å². The number of rotatable bonds is 14. The zero-order chi connectivity index (χ0) is 17.6. The molecule has 1 rings (SSSR count). The Morgan fingerprint density at radius 3 is 1.29 bits per heavy atom. The van der Waals surface area contributed by atoms with Crippen LogP contribution in [0.2, 0.25) is 0 Å². The molecular weight excluding hydrogens is 292 g/mol. The summed E-state index contributed by atoms with van der Waals surface area (Å²) >= 11 is 0. The quantitative estimate of drug-likeness (QED) is 0.385. The number of benzene rings is 1. The smallest absolute Gasteiger partial charge is 0.0341 e. The molecule has 0 amide bonds. The van der Waals surface area contributed by atoms with E-state index in [0.717, 1.165) is 24.9 Å². The van der Waals surface area contributed by atoms with Crippen molar-refractivity contribution in [1.29, 1.82) is 0 Å². The molecule has 0 radical (unpaired) electrons. The zero-order valence-corrected chi connectivity index (χ0v) is 16.5. The van der Waals surface area contributed by atoms with E-state index in [0.29, 0.717) is 0 Å². The highest BCUT2D eigenvalue weighted by Crippen LogP contribution is 2.18. The highest BCUT2D eigenvalue weighted by atomic mass is 14.9. The van der Waals surface area contributed by atoms with Gasteiger partial charge in [-0.05, 0) is 48.9 Å². The topological polar surface area (TPSA) is 24.1 Å². The van der Waals surface area contributed by atoms with Crippen LogP contribution in [0.3, 0.4) is 0 Å². The Bertz CT molecular complexity index is 360. The summed E-state index contributed by atoms with van der Waals surface area (Å²) < 4.78 is 0. The molecule has 2 nitrogen and oxygen atoms in total. The molecule has 1 aromatic carbocycles. The second kappa shape index (κ2) is 13.1. The minimum atomic E-state index is 0.873. The molecule has 0 saturated carbocycles. The van der Waals surface area contributed by atoms with Gasteiger partial charge in [-0.3, -0.25) is 0 Å². The van der Waals surface area contributed by atoms with Gasteiger partial charge in [0.1, 0.15) is 0 Å². The number of hydrogen-bond donors (Lipinski definition) is 2. The summed E-state index contributed by atoms with van der Waals surface area (Å²) in [6, 6.07) is 8.80. The van der Waals surface area contributed by atoms with Crippen molar-refractivity contribution in [2.75, 3.05) is 23.7 Å². The highest BCUT2D eigenvalue weighted by molar-refractivity contribution is 5.53. The lowest BCUT2D eigenvalue weighted by Gasteiger charge is -2.16. The summed E-state index contributed by atoms with van der Waals surface area (Å²) in [5.74, 6) is 1.75. The molecule has 138 valence electrons. The molecule has 0 aliphatic rings. The van der Waals surface area contributed by atoms with Crippen LogP contribution in [0.15, 0.2) is 24.3 Å². The van der Waals surface area contributed by atoms with E-state index in [1.807, 2.05) is 0 Å². The predicted molar refractivity (Wildman–Crippen MR) is 110 cm³/mol. The third-order valence-electron chi connectivity index (χ3n) is 5.20. The van der Waals surface area contributed by atoms with Gasteiger partial charge in [0.25, 0.3) is 0 Å². The van der Waals surface area contributed by atoms with Crippen LogP contribution in [0.4, 0.5) is 11.4 Å². The van der Waals surface area contributed by atoms with Gasteiger partial charge in [0.2, 0.25) is 0 Å². The maximum absolute atomic E-state index is 3.57. The minimum Gasteiger partial charge on any atom is -0.385 e. The van der Waals surface area contributed by atoms with E-state index < -0.39 is 0 Å². The van der Waals surface area contributed by atoms with Gasteiger partial charge in [0.15, 0.2) is 0 Å². The van der Waals surface area contributed by atoms with Gasteiger partial charge in [-0.25, -0.2) is 0 Å². The van der Waals surface area contributed by atoms with Crippen LogP contribution in [0.25, 0.3) is 0 Å². The molecule has 0 fully saturated rings. The second-order valence-electron chi connectivity index (χ2n) is 7.13. The van der Waals surface area contributed by atoms with Gasteiger partial charge in [0, 0.05) is 24.5 Å². The third kappa shape index (κ3) is 8.61. The average molecular weight is 333 g/mol. The van der Waals surface area contributed by atoms with Crippen LogP contribution in [-0.4, -0.2) is 13.1 Å². The second-order valence-corrected chi connectivity index (χ2v) is 7.13. The fourth-order valence-corrected chi connectivity index (χ4v) is 3.47. The minimum absolute atomic E-state index is 0.873. The van der Waals surface area contributed by atoms with Crippen LogP contribution < -0.4 is 10.6 Å². The van der Waals surface area contributed by atoms with Crippen molar-refractivity contribution in [3.05, 3.63) is 24.3 Å². The van der Waals surface area contributed by atoms with Gasteiger partial charge in [-0.1, -0.05) is 66.2 Å². The van der Waals surface area contributed by atoms with Gasteiger partial charge < -0.3 is 10.6 Å². The summed E-state index contributed by atoms with van der Waals surface area (Å²) in [5.41, 5.74) is 2.48. The molecule has 2 unspecified atom stereocenters. The Balaban J connectivity index is 2.27. The maximum atomic E-state index is 3.57. The van der Waals surface area contributed by atoms with E-state index in [9.17, 15) is 0 Å². The molecule has 0 aliphatic heterocycles. The fraction of sp³-hybridized carbons (Fsp3) is 0.727. The zero-order valence-electron chi connectivity index (χ0n) is 16.5. The summed E-state index contributed by atoms with van der Waals surface area (Å²) in [5, 5.41) is 7.13. The van der Waals surface area contributed by atoms with Gasteiger partial charge in [0.05, 0.1) is 0 Å². The molecule has 0 aliphatic carbocycles. The molecule has 0 spiro atoms. The van der Waals surface area contributed by atoms with Crippen LogP contribution >= 0.6 is 0 Å². The molecular formula is C22H40N2. The van der Waals surface area contributed by atoms with E-state index in [2.05, 4.69) is 62.6 Å². The molecule has 1 aromatic rings. The molecule has 24 heavy (non-hydrogen) atoms.